The van der Waals surface area contributed by atoms with E-state index in [1.165, 1.54) is 6.07 Å². The van der Waals surface area contributed by atoms with Crippen molar-refractivity contribution in [2.24, 2.45) is 5.84 Å². The average molecular weight is 292 g/mol. The monoisotopic (exact) mass is 292 g/mol. The fraction of sp³-hybridized carbons (Fsp3) is 0.250. The van der Waals surface area contributed by atoms with Crippen LogP contribution in [0.2, 0.25) is 0 Å². The first-order valence-corrected chi connectivity index (χ1v) is 6.60. The zero-order valence-corrected chi connectivity index (χ0v) is 12.0. The summed E-state index contributed by atoms with van der Waals surface area (Å²) in [4.78, 5) is 0. The maximum Gasteiger partial charge on any atom is 0.162 e. The largest absolute Gasteiger partial charge is 0.496 e. The third kappa shape index (κ3) is 3.37. The van der Waals surface area contributed by atoms with Gasteiger partial charge in [0.2, 0.25) is 0 Å². The highest BCUT2D eigenvalue weighted by molar-refractivity contribution is 5.38. The molecule has 0 saturated carbocycles. The smallest absolute Gasteiger partial charge is 0.162 e. The number of hydrazine groups is 1. The molecule has 0 saturated heterocycles. The molecule has 0 amide bonds. The van der Waals surface area contributed by atoms with E-state index in [0.29, 0.717) is 0 Å². The predicted octanol–water partition coefficient (Wildman–Crippen LogP) is 3.03. The van der Waals surface area contributed by atoms with Crippen LogP contribution in [0, 0.1) is 18.6 Å². The standard InChI is InChI=1S/C16H18F2N2O/c1-10-6-7-11(9-15(10)21-2)14(20-19)8-12-4-3-5-13(17)16(12)18/h3-7,9,14,20H,8,19H2,1-2H3. The van der Waals surface area contributed by atoms with E-state index < -0.39 is 11.6 Å². The summed E-state index contributed by atoms with van der Waals surface area (Å²) >= 11 is 0. The molecule has 2 aromatic rings. The fourth-order valence-corrected chi connectivity index (χ4v) is 2.25. The molecule has 0 bridgehead atoms. The Kier molecular flexibility index (Phi) is 4.88. The molecule has 0 spiro atoms. The van der Waals surface area contributed by atoms with Crippen molar-refractivity contribution in [3.63, 3.8) is 0 Å². The van der Waals surface area contributed by atoms with E-state index in [4.69, 9.17) is 10.6 Å². The highest BCUT2D eigenvalue weighted by atomic mass is 19.2. The summed E-state index contributed by atoms with van der Waals surface area (Å²) in [6, 6.07) is 9.43. The van der Waals surface area contributed by atoms with Gasteiger partial charge in [-0.2, -0.15) is 0 Å². The number of benzene rings is 2. The molecule has 1 unspecified atom stereocenters. The first-order chi connectivity index (χ1) is 10.1. The highest BCUT2D eigenvalue weighted by Crippen LogP contribution is 2.26. The van der Waals surface area contributed by atoms with Gasteiger partial charge in [-0.3, -0.25) is 11.3 Å². The second-order valence-corrected chi connectivity index (χ2v) is 4.87. The van der Waals surface area contributed by atoms with Crippen LogP contribution >= 0.6 is 0 Å². The molecular weight excluding hydrogens is 274 g/mol. The number of hydrogen-bond donors (Lipinski definition) is 2. The Morgan fingerprint density at radius 1 is 1.24 bits per heavy atom. The number of methoxy groups -OCH3 is 1. The lowest BCUT2D eigenvalue weighted by molar-refractivity contribution is 0.409. The van der Waals surface area contributed by atoms with Crippen LogP contribution in [0.3, 0.4) is 0 Å². The molecule has 2 rings (SSSR count). The zero-order valence-electron chi connectivity index (χ0n) is 12.0. The minimum atomic E-state index is -0.857. The third-order valence-electron chi connectivity index (χ3n) is 3.49. The van der Waals surface area contributed by atoms with E-state index in [9.17, 15) is 8.78 Å². The SMILES string of the molecule is COc1cc(C(Cc2cccc(F)c2F)NN)ccc1C. The molecule has 1 atom stereocenters. The molecule has 0 aromatic heterocycles. The molecule has 5 heteroatoms. The number of hydrogen-bond acceptors (Lipinski definition) is 3. The minimum absolute atomic E-state index is 0.242. The first-order valence-electron chi connectivity index (χ1n) is 6.60. The van der Waals surface area contributed by atoms with Gasteiger partial charge >= 0.3 is 0 Å². The van der Waals surface area contributed by atoms with Gasteiger partial charge in [0.15, 0.2) is 11.6 Å². The molecule has 112 valence electrons. The lowest BCUT2D eigenvalue weighted by Crippen LogP contribution is -2.30. The minimum Gasteiger partial charge on any atom is -0.496 e. The molecule has 21 heavy (non-hydrogen) atoms. The lowest BCUT2D eigenvalue weighted by atomic mass is 9.97. The number of nitrogens with one attached hydrogen (secondary N) is 1. The maximum absolute atomic E-state index is 13.8. The highest BCUT2D eigenvalue weighted by Gasteiger charge is 2.16. The van der Waals surface area contributed by atoms with E-state index in [1.54, 1.807) is 13.2 Å². The number of aryl methyl sites for hydroxylation is 1. The van der Waals surface area contributed by atoms with Crippen LogP contribution in [-0.4, -0.2) is 7.11 Å². The Balaban J connectivity index is 2.30. The number of nitrogens with two attached hydrogens (primary N) is 1. The summed E-state index contributed by atoms with van der Waals surface area (Å²) in [5.74, 6) is 4.60. The van der Waals surface area contributed by atoms with Gasteiger partial charge in [0.25, 0.3) is 0 Å². The molecule has 0 radical (unpaired) electrons. The quantitative estimate of drug-likeness (QED) is 0.658. The van der Waals surface area contributed by atoms with Gasteiger partial charge in [0, 0.05) is 0 Å². The van der Waals surface area contributed by atoms with Gasteiger partial charge in [-0.15, -0.1) is 0 Å². The van der Waals surface area contributed by atoms with Crippen molar-refractivity contribution in [2.45, 2.75) is 19.4 Å². The zero-order chi connectivity index (χ0) is 15.4. The number of rotatable bonds is 5. The maximum atomic E-state index is 13.8. The van der Waals surface area contributed by atoms with Crippen molar-refractivity contribution in [1.29, 1.82) is 0 Å². The fourth-order valence-electron chi connectivity index (χ4n) is 2.25. The van der Waals surface area contributed by atoms with Crippen molar-refractivity contribution >= 4 is 0 Å². The molecular formula is C16H18F2N2O. The summed E-state index contributed by atoms with van der Waals surface area (Å²) in [6.07, 6.45) is 0.242. The van der Waals surface area contributed by atoms with Crippen LogP contribution in [0.15, 0.2) is 36.4 Å². The number of halogens is 2. The van der Waals surface area contributed by atoms with E-state index in [2.05, 4.69) is 5.43 Å². The number of ether oxygens (including phenoxy) is 1. The van der Waals surface area contributed by atoms with E-state index in [0.717, 1.165) is 22.9 Å². The summed E-state index contributed by atoms with van der Waals surface area (Å²) in [5.41, 5.74) is 4.76. The summed E-state index contributed by atoms with van der Waals surface area (Å²) in [5, 5.41) is 0. The molecule has 0 aliphatic heterocycles. The van der Waals surface area contributed by atoms with Gasteiger partial charge in [-0.1, -0.05) is 24.3 Å². The van der Waals surface area contributed by atoms with Crippen LogP contribution in [0.25, 0.3) is 0 Å². The molecule has 0 aliphatic carbocycles. The molecule has 3 N–H and O–H groups in total. The predicted molar refractivity (Wildman–Crippen MR) is 77.9 cm³/mol. The van der Waals surface area contributed by atoms with Crippen LogP contribution in [0.5, 0.6) is 5.75 Å². The van der Waals surface area contributed by atoms with Crippen molar-refractivity contribution in [3.05, 3.63) is 64.7 Å². The third-order valence-corrected chi connectivity index (χ3v) is 3.49. The Bertz CT molecular complexity index is 632. The van der Waals surface area contributed by atoms with Gasteiger partial charge in [0.05, 0.1) is 13.2 Å². The normalized spacial score (nSPS) is 12.2. The van der Waals surface area contributed by atoms with Crippen LogP contribution in [0.1, 0.15) is 22.7 Å². The topological polar surface area (TPSA) is 47.3 Å². The van der Waals surface area contributed by atoms with Gasteiger partial charge in [-0.25, -0.2) is 8.78 Å². The molecule has 0 heterocycles. The van der Waals surface area contributed by atoms with Crippen molar-refractivity contribution in [1.82, 2.24) is 5.43 Å². The molecule has 0 fully saturated rings. The van der Waals surface area contributed by atoms with E-state index in [1.807, 2.05) is 25.1 Å². The molecule has 2 aromatic carbocycles. The molecule has 0 aliphatic rings. The van der Waals surface area contributed by atoms with Gasteiger partial charge in [0.1, 0.15) is 5.75 Å². The Hall–Kier alpha value is -1.98. The van der Waals surface area contributed by atoms with Crippen LogP contribution < -0.4 is 16.0 Å². The summed E-state index contributed by atoms with van der Waals surface area (Å²) in [7, 11) is 1.59. The summed E-state index contributed by atoms with van der Waals surface area (Å²) in [6.45, 7) is 1.93. The van der Waals surface area contributed by atoms with Crippen molar-refractivity contribution in [3.8, 4) is 5.75 Å². The Morgan fingerprint density at radius 3 is 2.67 bits per heavy atom. The second kappa shape index (κ2) is 6.65. The Morgan fingerprint density at radius 2 is 2.00 bits per heavy atom. The lowest BCUT2D eigenvalue weighted by Gasteiger charge is -2.18. The van der Waals surface area contributed by atoms with E-state index >= 15 is 0 Å². The van der Waals surface area contributed by atoms with Crippen LogP contribution in [-0.2, 0) is 6.42 Å². The molecule has 3 nitrogen and oxygen atoms in total. The van der Waals surface area contributed by atoms with Crippen molar-refractivity contribution in [2.75, 3.05) is 7.11 Å². The second-order valence-electron chi connectivity index (χ2n) is 4.87. The average Bonchev–Trinajstić information content (AvgIpc) is 2.49. The first kappa shape index (κ1) is 15.4. The van der Waals surface area contributed by atoms with Crippen LogP contribution in [0.4, 0.5) is 8.78 Å². The summed E-state index contributed by atoms with van der Waals surface area (Å²) < 4.78 is 32.3. The Labute approximate surface area is 122 Å². The van der Waals surface area contributed by atoms with Crippen molar-refractivity contribution < 1.29 is 13.5 Å². The van der Waals surface area contributed by atoms with E-state index in [-0.39, 0.29) is 18.0 Å². The van der Waals surface area contributed by atoms with Gasteiger partial charge in [-0.05, 0) is 42.2 Å². The van der Waals surface area contributed by atoms with Gasteiger partial charge < -0.3 is 4.74 Å².